The number of hydrogen-bond acceptors (Lipinski definition) is 2. The van der Waals surface area contributed by atoms with Gasteiger partial charge >= 0.3 is 0 Å². The minimum Gasteiger partial charge on any atom is -0.493 e. The lowest BCUT2D eigenvalue weighted by atomic mass is 10.1. The molecule has 0 aromatic heterocycles. The lowest BCUT2D eigenvalue weighted by Crippen LogP contribution is -1.99. The number of rotatable bonds is 4. The average Bonchev–Trinajstić information content (AvgIpc) is 2.11. The van der Waals surface area contributed by atoms with Crippen LogP contribution in [0.3, 0.4) is 0 Å². The van der Waals surface area contributed by atoms with Crippen molar-refractivity contribution in [3.8, 4) is 5.75 Å². The molecule has 0 radical (unpaired) electrons. The van der Waals surface area contributed by atoms with E-state index in [-0.39, 0.29) is 0 Å². The summed E-state index contributed by atoms with van der Waals surface area (Å²) in [5.74, 6) is 1.88. The number of aryl methyl sites for hydroxylation is 2. The molecule has 0 aliphatic rings. The number of thiol groups is 1. The summed E-state index contributed by atoms with van der Waals surface area (Å²) in [4.78, 5) is 0. The third kappa shape index (κ3) is 3.31. The van der Waals surface area contributed by atoms with E-state index in [1.54, 1.807) is 0 Å². The number of hydrogen-bond donors (Lipinski definition) is 1. The largest absolute Gasteiger partial charge is 0.493 e. The van der Waals surface area contributed by atoms with Gasteiger partial charge in [-0.05, 0) is 43.2 Å². The van der Waals surface area contributed by atoms with Gasteiger partial charge in [-0.3, -0.25) is 0 Å². The van der Waals surface area contributed by atoms with Crippen LogP contribution in [0.1, 0.15) is 17.5 Å². The van der Waals surface area contributed by atoms with Gasteiger partial charge in [0.2, 0.25) is 0 Å². The van der Waals surface area contributed by atoms with E-state index >= 15 is 0 Å². The van der Waals surface area contributed by atoms with Gasteiger partial charge in [-0.25, -0.2) is 0 Å². The normalized spacial score (nSPS) is 10.1. The molecular formula is C11H16OS. The van der Waals surface area contributed by atoms with Crippen molar-refractivity contribution in [3.63, 3.8) is 0 Å². The Hall–Kier alpha value is -0.630. The van der Waals surface area contributed by atoms with E-state index in [2.05, 4.69) is 44.7 Å². The van der Waals surface area contributed by atoms with Gasteiger partial charge in [0.25, 0.3) is 0 Å². The summed E-state index contributed by atoms with van der Waals surface area (Å²) in [6.07, 6.45) is 0.997. The zero-order valence-electron chi connectivity index (χ0n) is 8.21. The van der Waals surface area contributed by atoms with Gasteiger partial charge in [-0.1, -0.05) is 12.1 Å². The first-order valence-corrected chi connectivity index (χ1v) is 5.18. The molecule has 0 fully saturated rings. The molecule has 0 saturated carbocycles. The fourth-order valence-electron chi connectivity index (χ4n) is 1.11. The summed E-state index contributed by atoms with van der Waals surface area (Å²) < 4.78 is 5.61. The Morgan fingerprint density at radius 2 is 2.08 bits per heavy atom. The highest BCUT2D eigenvalue weighted by Gasteiger charge is 1.98. The van der Waals surface area contributed by atoms with Gasteiger partial charge < -0.3 is 4.74 Å². The van der Waals surface area contributed by atoms with E-state index < -0.39 is 0 Å². The third-order valence-corrected chi connectivity index (χ3v) is 2.22. The van der Waals surface area contributed by atoms with Gasteiger partial charge in [0, 0.05) is 0 Å². The molecule has 0 atom stereocenters. The average molecular weight is 196 g/mol. The molecule has 0 aliphatic carbocycles. The Balaban J connectivity index is 2.59. The maximum absolute atomic E-state index is 5.61. The molecule has 0 amide bonds. The Morgan fingerprint density at radius 1 is 1.31 bits per heavy atom. The predicted molar refractivity (Wildman–Crippen MR) is 59.9 cm³/mol. The molecule has 0 N–H and O–H groups in total. The summed E-state index contributed by atoms with van der Waals surface area (Å²) in [5, 5.41) is 0. The molecule has 1 aromatic carbocycles. The van der Waals surface area contributed by atoms with Crippen molar-refractivity contribution in [3.05, 3.63) is 29.3 Å². The molecule has 0 heterocycles. The molecule has 0 bridgehead atoms. The molecule has 1 nitrogen and oxygen atoms in total. The van der Waals surface area contributed by atoms with Crippen molar-refractivity contribution < 1.29 is 4.74 Å². The topological polar surface area (TPSA) is 9.23 Å². The van der Waals surface area contributed by atoms with Crippen LogP contribution in [0.25, 0.3) is 0 Å². The highest BCUT2D eigenvalue weighted by Crippen LogP contribution is 2.19. The molecule has 0 aliphatic heterocycles. The van der Waals surface area contributed by atoms with Crippen LogP contribution in [0.2, 0.25) is 0 Å². The molecule has 0 saturated heterocycles. The zero-order chi connectivity index (χ0) is 9.68. The van der Waals surface area contributed by atoms with Gasteiger partial charge in [-0.15, -0.1) is 0 Å². The first kappa shape index (κ1) is 10.5. The quantitative estimate of drug-likeness (QED) is 0.575. The SMILES string of the molecule is Cc1ccc(C)c(OCCCS)c1. The smallest absolute Gasteiger partial charge is 0.122 e. The molecule has 2 heteroatoms. The first-order chi connectivity index (χ1) is 6.24. The Labute approximate surface area is 85.5 Å². The third-order valence-electron chi connectivity index (χ3n) is 1.90. The van der Waals surface area contributed by atoms with Gasteiger partial charge in [-0.2, -0.15) is 12.6 Å². The van der Waals surface area contributed by atoms with E-state index in [1.807, 2.05) is 0 Å². The van der Waals surface area contributed by atoms with E-state index in [4.69, 9.17) is 4.74 Å². The summed E-state index contributed by atoms with van der Waals surface area (Å²) in [5.41, 5.74) is 2.44. The van der Waals surface area contributed by atoms with Crippen LogP contribution in [-0.2, 0) is 0 Å². The maximum atomic E-state index is 5.61. The van der Waals surface area contributed by atoms with Crippen LogP contribution in [0.4, 0.5) is 0 Å². The first-order valence-electron chi connectivity index (χ1n) is 4.55. The van der Waals surface area contributed by atoms with Crippen LogP contribution in [-0.4, -0.2) is 12.4 Å². The molecule has 0 unspecified atom stereocenters. The van der Waals surface area contributed by atoms with Gasteiger partial charge in [0.1, 0.15) is 5.75 Å². The lowest BCUT2D eigenvalue weighted by Gasteiger charge is -2.08. The van der Waals surface area contributed by atoms with E-state index in [0.717, 1.165) is 24.5 Å². The number of ether oxygens (including phenoxy) is 1. The van der Waals surface area contributed by atoms with Crippen molar-refractivity contribution in [2.75, 3.05) is 12.4 Å². The fourth-order valence-corrected chi connectivity index (χ4v) is 1.24. The second-order valence-corrected chi connectivity index (χ2v) is 3.64. The fraction of sp³-hybridized carbons (Fsp3) is 0.455. The standard InChI is InChI=1S/C11H16OS/c1-9-4-5-10(2)11(8-9)12-6-3-7-13/h4-5,8,13H,3,6-7H2,1-2H3. The molecule has 72 valence electrons. The minimum absolute atomic E-state index is 0.758. The Kier molecular flexibility index (Phi) is 4.16. The van der Waals surface area contributed by atoms with Crippen molar-refractivity contribution in [2.24, 2.45) is 0 Å². The van der Waals surface area contributed by atoms with Crippen molar-refractivity contribution in [1.29, 1.82) is 0 Å². The highest BCUT2D eigenvalue weighted by atomic mass is 32.1. The second kappa shape index (κ2) is 5.18. The molecule has 1 rings (SSSR count). The highest BCUT2D eigenvalue weighted by molar-refractivity contribution is 7.80. The van der Waals surface area contributed by atoms with Crippen molar-refractivity contribution in [1.82, 2.24) is 0 Å². The van der Waals surface area contributed by atoms with Crippen LogP contribution >= 0.6 is 12.6 Å². The van der Waals surface area contributed by atoms with Crippen LogP contribution in [0.15, 0.2) is 18.2 Å². The van der Waals surface area contributed by atoms with Crippen molar-refractivity contribution >= 4 is 12.6 Å². The number of benzene rings is 1. The minimum atomic E-state index is 0.758. The van der Waals surface area contributed by atoms with Crippen molar-refractivity contribution in [2.45, 2.75) is 20.3 Å². The lowest BCUT2D eigenvalue weighted by molar-refractivity contribution is 0.316. The maximum Gasteiger partial charge on any atom is 0.122 e. The Bertz CT molecular complexity index is 271. The van der Waals surface area contributed by atoms with Crippen LogP contribution < -0.4 is 4.74 Å². The van der Waals surface area contributed by atoms with Crippen LogP contribution in [0, 0.1) is 13.8 Å². The molecule has 0 spiro atoms. The molecular weight excluding hydrogens is 180 g/mol. The predicted octanol–water partition coefficient (Wildman–Crippen LogP) is 3.00. The summed E-state index contributed by atoms with van der Waals surface area (Å²) >= 11 is 4.13. The van der Waals surface area contributed by atoms with Crippen LogP contribution in [0.5, 0.6) is 5.75 Å². The van der Waals surface area contributed by atoms with Gasteiger partial charge in [0.05, 0.1) is 6.61 Å². The van der Waals surface area contributed by atoms with E-state index in [0.29, 0.717) is 0 Å². The van der Waals surface area contributed by atoms with Gasteiger partial charge in [0.15, 0.2) is 0 Å². The monoisotopic (exact) mass is 196 g/mol. The second-order valence-electron chi connectivity index (χ2n) is 3.19. The zero-order valence-corrected chi connectivity index (χ0v) is 9.10. The van der Waals surface area contributed by atoms with E-state index in [1.165, 1.54) is 11.1 Å². The molecule has 1 aromatic rings. The summed E-state index contributed by atoms with van der Waals surface area (Å²) in [7, 11) is 0. The summed E-state index contributed by atoms with van der Waals surface area (Å²) in [6.45, 7) is 4.90. The molecule has 13 heavy (non-hydrogen) atoms. The van der Waals surface area contributed by atoms with E-state index in [9.17, 15) is 0 Å². The Morgan fingerprint density at radius 3 is 2.77 bits per heavy atom. The summed E-state index contributed by atoms with van der Waals surface area (Å²) in [6, 6.07) is 6.26.